The number of sulfone groups is 1. The Balaban J connectivity index is 0.000000116. The largest absolute Gasteiger partial charge is 0.382 e. The van der Waals surface area contributed by atoms with Gasteiger partial charge in [-0.15, -0.1) is 11.6 Å². The lowest BCUT2D eigenvalue weighted by Crippen LogP contribution is -2.40. The zero-order valence-corrected chi connectivity index (χ0v) is 84.3. The number of carbonyl (C=O) groups excluding carboxylic acids is 3. The summed E-state index contributed by atoms with van der Waals surface area (Å²) in [4.78, 5) is 99.0. The summed E-state index contributed by atoms with van der Waals surface area (Å²) >= 11 is 5.74. The summed E-state index contributed by atoms with van der Waals surface area (Å²) in [5.41, 5.74) is 47.5. The van der Waals surface area contributed by atoms with Crippen LogP contribution in [0.15, 0.2) is 292 Å². The van der Waals surface area contributed by atoms with E-state index in [1.165, 1.54) is 6.26 Å². The highest BCUT2D eigenvalue weighted by Crippen LogP contribution is 2.41. The Morgan fingerprint density at radius 3 is 0.845 bits per heavy atom. The van der Waals surface area contributed by atoms with E-state index in [-0.39, 0.29) is 35.5 Å². The van der Waals surface area contributed by atoms with E-state index >= 15 is 0 Å². The first-order valence-electron chi connectivity index (χ1n) is 50.5. The van der Waals surface area contributed by atoms with Crippen molar-refractivity contribution in [1.82, 2.24) is 92.1 Å². The third kappa shape index (κ3) is 21.1. The second-order valence-corrected chi connectivity index (χ2v) is 41.6. The number of benzene rings is 8. The lowest BCUT2D eigenvalue weighted by atomic mass is 9.86. The number of likely N-dealkylation sites (tertiary alicyclic amines) is 3. The van der Waals surface area contributed by atoms with Crippen molar-refractivity contribution in [2.24, 2.45) is 23.7 Å². The minimum Gasteiger partial charge on any atom is -0.382 e. The molecule has 29 nitrogen and oxygen atoms in total. The predicted octanol–water partition coefficient (Wildman–Crippen LogP) is 20.2. The van der Waals surface area contributed by atoms with Gasteiger partial charge in [-0.25, -0.2) is 68.2 Å². The van der Waals surface area contributed by atoms with Gasteiger partial charge in [0.15, 0.2) is 0 Å². The quantitative estimate of drug-likeness (QED) is 0.0515. The number of nitrogens with two attached hydrogens (primary N) is 4. The number of carbonyl (C=O) groups is 3. The number of ether oxygens (including phenoxy) is 1. The van der Waals surface area contributed by atoms with Crippen LogP contribution < -0.4 is 22.9 Å². The summed E-state index contributed by atoms with van der Waals surface area (Å²) in [5.74, 6) is 7.58. The third-order valence-corrected chi connectivity index (χ3v) is 31.3. The van der Waals surface area contributed by atoms with Gasteiger partial charge in [0.1, 0.15) is 114 Å². The van der Waals surface area contributed by atoms with Gasteiger partial charge >= 0.3 is 0 Å². The predicted molar refractivity (Wildman–Crippen MR) is 586 cm³/mol. The Kier molecular flexibility index (Phi) is 28.5. The molecule has 15 heterocycles. The zero-order valence-electron chi connectivity index (χ0n) is 82.7. The Hall–Kier alpha value is -16.3. The molecule has 1 aliphatic carbocycles. The van der Waals surface area contributed by atoms with Crippen molar-refractivity contribution in [3.8, 4) is 90.1 Å². The maximum absolute atomic E-state index is 12.2. The molecule has 3 saturated heterocycles. The molecule has 0 spiro atoms. The van der Waals surface area contributed by atoms with Crippen LogP contribution in [0, 0.1) is 23.7 Å². The molecular formula is C117H114ClN23O6S. The van der Waals surface area contributed by atoms with Crippen LogP contribution in [-0.4, -0.2) is 189 Å². The van der Waals surface area contributed by atoms with Crippen molar-refractivity contribution in [3.05, 3.63) is 316 Å². The molecule has 1 saturated carbocycles. The fourth-order valence-electron chi connectivity index (χ4n) is 21.3. The number of halogens is 1. The van der Waals surface area contributed by atoms with Crippen LogP contribution in [0.5, 0.6) is 0 Å². The van der Waals surface area contributed by atoms with Crippen LogP contribution in [0.3, 0.4) is 0 Å². The van der Waals surface area contributed by atoms with Crippen molar-refractivity contribution in [3.63, 3.8) is 0 Å². The molecule has 8 N–H and O–H groups in total. The molecule has 3 amide bonds. The molecule has 20 aromatic rings. The Labute approximate surface area is 861 Å². The number of fused-ring (bicyclic) bond motifs is 8. The van der Waals surface area contributed by atoms with E-state index in [0.717, 1.165) is 295 Å². The number of hydrogen-bond acceptors (Lipinski definition) is 22. The molecule has 8 aromatic carbocycles. The van der Waals surface area contributed by atoms with E-state index in [2.05, 4.69) is 197 Å². The van der Waals surface area contributed by atoms with Gasteiger partial charge in [0.25, 0.3) is 0 Å². The van der Waals surface area contributed by atoms with E-state index in [1.807, 2.05) is 123 Å². The highest BCUT2D eigenvalue weighted by molar-refractivity contribution is 7.91. The van der Waals surface area contributed by atoms with Crippen molar-refractivity contribution in [2.45, 2.75) is 102 Å². The topological polar surface area (TPSA) is 381 Å². The Morgan fingerprint density at radius 1 is 0.331 bits per heavy atom. The summed E-state index contributed by atoms with van der Waals surface area (Å²) in [6.45, 7) is 6.34. The van der Waals surface area contributed by atoms with Crippen molar-refractivity contribution in [2.75, 3.05) is 88.1 Å². The van der Waals surface area contributed by atoms with E-state index in [1.54, 1.807) is 38.8 Å². The van der Waals surface area contributed by atoms with Crippen molar-refractivity contribution in [1.29, 1.82) is 0 Å². The first kappa shape index (κ1) is 97.8. The van der Waals surface area contributed by atoms with Crippen LogP contribution in [0.1, 0.15) is 94.4 Å². The highest BCUT2D eigenvalue weighted by Gasteiger charge is 2.33. The van der Waals surface area contributed by atoms with Gasteiger partial charge in [-0.2, -0.15) is 0 Å². The SMILES string of the molecule is CC(=O)N1CCC(Cc2nc(-c3ccc4ccc(-c5ccccc5)nc4c3)c3c(N)nccn23)CC1.COCC(=O)N1CCC(Cc2nc(-c3ccc4ccc(-c5ccccc5)nc4c3)c3c(N)nccn23)CC1.CS(=O)(=O)C1CCC(Cc2nc(-c3ccc4ccc(-c5ccccc5)nc4c3)c3c(N)nccn23)CC1.Nc1nccn2c(CC3CCN(C(=O)CCl)CC3)nc(-c3ccc4ccc(-c5ccccc5)nc4c3)c12. The van der Waals surface area contributed by atoms with Gasteiger partial charge in [-0.1, -0.05) is 194 Å². The molecular weight excluding hydrogens is 1890 g/mol. The van der Waals surface area contributed by atoms with Crippen LogP contribution >= 0.6 is 11.6 Å². The molecule has 148 heavy (non-hydrogen) atoms. The number of imidazole rings is 4. The van der Waals surface area contributed by atoms with Crippen LogP contribution in [0.4, 0.5) is 23.3 Å². The fraction of sp³-hybridized carbons (Fsp3) is 0.256. The van der Waals surface area contributed by atoms with Gasteiger partial charge < -0.3 is 42.4 Å². The molecule has 0 radical (unpaired) electrons. The van der Waals surface area contributed by atoms with Crippen LogP contribution in [0.25, 0.3) is 156 Å². The van der Waals surface area contributed by atoms with Gasteiger partial charge in [-0.3, -0.25) is 32.0 Å². The first-order valence-corrected chi connectivity index (χ1v) is 53.0. The van der Waals surface area contributed by atoms with Gasteiger partial charge in [0, 0.05) is 201 Å². The number of hydrogen-bond donors (Lipinski definition) is 4. The molecule has 4 fully saturated rings. The zero-order chi connectivity index (χ0) is 102. The number of anilines is 4. The number of nitrogen functional groups attached to an aromatic ring is 4. The van der Waals surface area contributed by atoms with Gasteiger partial charge in [-0.05, 0) is 136 Å². The highest BCUT2D eigenvalue weighted by atomic mass is 35.5. The molecule has 3 aliphatic heterocycles. The number of piperidine rings is 3. The lowest BCUT2D eigenvalue weighted by molar-refractivity contribution is -0.136. The molecule has 0 unspecified atom stereocenters. The number of nitrogens with zero attached hydrogens (tertiary/aromatic N) is 19. The number of aromatic nitrogens is 16. The number of rotatable bonds is 20. The average Bonchev–Trinajstić information content (AvgIpc) is 1.62. The van der Waals surface area contributed by atoms with E-state index in [4.69, 9.17) is 79.1 Å². The second-order valence-electron chi connectivity index (χ2n) is 39.0. The smallest absolute Gasteiger partial charge is 0.248 e. The summed E-state index contributed by atoms with van der Waals surface area (Å²) in [6, 6.07) is 82.2. The van der Waals surface area contributed by atoms with Crippen molar-refractivity contribution < 1.29 is 27.5 Å². The molecule has 0 atom stereocenters. The maximum atomic E-state index is 12.2. The number of alkyl halides is 1. The van der Waals surface area contributed by atoms with E-state index in [9.17, 15) is 22.8 Å². The van der Waals surface area contributed by atoms with E-state index in [0.29, 0.717) is 59.8 Å². The molecule has 746 valence electrons. The number of pyridine rings is 4. The van der Waals surface area contributed by atoms with Gasteiger partial charge in [0.2, 0.25) is 17.7 Å². The molecule has 0 bridgehead atoms. The first-order chi connectivity index (χ1) is 72.1. The van der Waals surface area contributed by atoms with E-state index < -0.39 is 9.84 Å². The molecule has 4 aliphatic rings. The van der Waals surface area contributed by atoms with Crippen LogP contribution in [0.2, 0.25) is 0 Å². The molecule has 24 rings (SSSR count). The minimum absolute atomic E-state index is 0.00727. The summed E-state index contributed by atoms with van der Waals surface area (Å²) < 4.78 is 37.2. The second kappa shape index (κ2) is 43.2. The number of amides is 3. The van der Waals surface area contributed by atoms with Gasteiger partial charge in [0.05, 0.1) is 50.1 Å². The van der Waals surface area contributed by atoms with Crippen LogP contribution in [-0.2, 0) is 54.6 Å². The Morgan fingerprint density at radius 2 is 0.588 bits per heavy atom. The maximum Gasteiger partial charge on any atom is 0.248 e. The normalized spacial score (nSPS) is 15.4. The molecule has 31 heteroatoms. The third-order valence-electron chi connectivity index (χ3n) is 29.4. The van der Waals surface area contributed by atoms with Crippen molar-refractivity contribution >= 4 is 128 Å². The minimum atomic E-state index is -2.98. The fourth-order valence-corrected chi connectivity index (χ4v) is 22.6. The number of methoxy groups -OCH3 is 1. The monoisotopic (exact) mass is 2000 g/mol. The summed E-state index contributed by atoms with van der Waals surface area (Å²) in [7, 11) is -1.43. The molecule has 12 aromatic heterocycles. The standard InChI is InChI=1S/C30H30N6O2.C29H27ClN6O.C29H28N6O.C29H29N5O2S/c1-38-19-27(37)35-14-11-20(12-15-35)17-26-34-28(29-30(31)32-13-16-36(26)29)23-8-7-22-9-10-24(33-25(22)18-23)21-5-3-2-4-6-21;30-18-26(37)35-13-10-19(11-14-35)16-25-34-27(28-29(31)32-12-15-36(25)28)22-7-6-21-8-9-23(33-24(21)17-22)20-4-2-1-3-5-20;1-19(36)34-14-11-20(12-15-34)17-26-33-27(28-29(30)31-13-16-35(26)28)23-8-7-22-9-10-24(32-25(22)18-23)21-5-3-2-4-6-21;1-37(35,36)23-12-7-19(8-13-23)17-26-33-27(28-29(30)31-15-16-34(26)28)22-10-9-21-11-14-24(32-25(21)18-22)20-5-3-2-4-6-20/h2-10,13,16,18,20H,11-12,14-15,17,19H2,1H3,(H2,31,32);1-9,12,15,17,19H,10-11,13-14,16,18H2,(H2,31,32);2-10,13,16,18,20H,11-12,14-15,17H2,1H3,(H2,30,31);2-6,9-11,14-16,18-19,23H,7-8,12-13,17H2,1H3,(H2,30,31). The lowest BCUT2D eigenvalue weighted by Gasteiger charge is -2.31. The summed E-state index contributed by atoms with van der Waals surface area (Å²) in [5, 5.41) is 4.04. The average molecular weight is 2010 g/mol. The Bertz CT molecular complexity index is 8430. The summed E-state index contributed by atoms with van der Waals surface area (Å²) in [6.07, 6.45) is 28.0.